The fourth-order valence-electron chi connectivity index (χ4n) is 1.84. The van der Waals surface area contributed by atoms with Crippen molar-refractivity contribution in [2.24, 2.45) is 0 Å². The van der Waals surface area contributed by atoms with Gasteiger partial charge in [0.05, 0.1) is 16.9 Å². The van der Waals surface area contributed by atoms with Crippen molar-refractivity contribution in [3.05, 3.63) is 51.2 Å². The summed E-state index contributed by atoms with van der Waals surface area (Å²) in [5.41, 5.74) is 1.46. The Morgan fingerprint density at radius 2 is 2.06 bits per heavy atom. The number of hydrogen-bond donors (Lipinski definition) is 1. The van der Waals surface area contributed by atoms with Gasteiger partial charge in [0.2, 0.25) is 0 Å². The first-order valence-electron chi connectivity index (χ1n) is 5.78. The Morgan fingerprint density at radius 3 is 2.67 bits per heavy atom. The number of nitrogens with zero attached hydrogens (tertiary/aromatic N) is 2. The summed E-state index contributed by atoms with van der Waals surface area (Å²) in [5, 5.41) is 15.1. The van der Waals surface area contributed by atoms with Crippen molar-refractivity contribution >= 4 is 27.5 Å². The van der Waals surface area contributed by atoms with Gasteiger partial charge in [-0.1, -0.05) is 46.6 Å². The predicted molar refractivity (Wildman–Crippen MR) is 75.7 cm³/mol. The number of aliphatic hydroxyl groups excluding tert-OH is 1. The maximum Gasteiger partial charge on any atom is 0.122 e. The lowest BCUT2D eigenvalue weighted by molar-refractivity contribution is 0.207. The molecule has 2 rings (SSSR count). The van der Waals surface area contributed by atoms with Crippen LogP contribution in [-0.4, -0.2) is 14.9 Å². The van der Waals surface area contributed by atoms with Crippen LogP contribution in [0.1, 0.15) is 30.7 Å². The van der Waals surface area contributed by atoms with Gasteiger partial charge < -0.3 is 5.11 Å². The molecule has 0 amide bonds. The highest BCUT2D eigenvalue weighted by Crippen LogP contribution is 2.29. The number of aliphatic hydroxyl groups is 1. The van der Waals surface area contributed by atoms with Crippen molar-refractivity contribution in [3.8, 4) is 0 Å². The average molecular weight is 330 g/mol. The van der Waals surface area contributed by atoms with Gasteiger partial charge in [0, 0.05) is 11.0 Å². The summed E-state index contributed by atoms with van der Waals surface area (Å²) in [5.74, 6) is 0. The largest absolute Gasteiger partial charge is 0.382 e. The van der Waals surface area contributed by atoms with E-state index < -0.39 is 6.10 Å². The van der Waals surface area contributed by atoms with E-state index in [9.17, 15) is 5.11 Å². The van der Waals surface area contributed by atoms with Gasteiger partial charge >= 0.3 is 0 Å². The number of aryl methyl sites for hydroxylation is 1. The van der Waals surface area contributed by atoms with Gasteiger partial charge in [-0.3, -0.25) is 4.68 Å². The molecule has 2 aromatic rings. The third-order valence-electron chi connectivity index (χ3n) is 2.71. The van der Waals surface area contributed by atoms with Crippen LogP contribution in [-0.2, 0) is 6.54 Å². The van der Waals surface area contributed by atoms with Crippen molar-refractivity contribution in [1.29, 1.82) is 0 Å². The summed E-state index contributed by atoms with van der Waals surface area (Å²) in [6.07, 6.45) is 1.77. The van der Waals surface area contributed by atoms with Crippen molar-refractivity contribution in [1.82, 2.24) is 9.78 Å². The maximum absolute atomic E-state index is 10.4. The lowest BCUT2D eigenvalue weighted by atomic mass is 10.1. The minimum Gasteiger partial charge on any atom is -0.382 e. The van der Waals surface area contributed by atoms with Crippen molar-refractivity contribution in [2.75, 3.05) is 0 Å². The molecule has 3 nitrogen and oxygen atoms in total. The van der Waals surface area contributed by atoms with E-state index in [1.165, 1.54) is 0 Å². The van der Waals surface area contributed by atoms with E-state index in [1.807, 2.05) is 24.3 Å². The average Bonchev–Trinajstić information content (AvgIpc) is 2.71. The van der Waals surface area contributed by atoms with Crippen LogP contribution >= 0.6 is 27.5 Å². The highest BCUT2D eigenvalue weighted by atomic mass is 79.9. The highest BCUT2D eigenvalue weighted by molar-refractivity contribution is 9.10. The zero-order valence-electron chi connectivity index (χ0n) is 9.98. The molecule has 0 aliphatic heterocycles. The van der Waals surface area contributed by atoms with Crippen LogP contribution in [0.15, 0.2) is 34.9 Å². The third kappa shape index (κ3) is 2.76. The Balaban J connectivity index is 2.35. The molecule has 18 heavy (non-hydrogen) atoms. The molecule has 96 valence electrons. The number of benzene rings is 1. The van der Waals surface area contributed by atoms with Crippen LogP contribution in [0.5, 0.6) is 0 Å². The molecule has 0 radical (unpaired) electrons. The van der Waals surface area contributed by atoms with E-state index in [0.717, 1.165) is 23.0 Å². The minimum absolute atomic E-state index is 0.499. The van der Waals surface area contributed by atoms with Crippen molar-refractivity contribution in [2.45, 2.75) is 26.0 Å². The Kier molecular flexibility index (Phi) is 4.43. The molecule has 0 spiro atoms. The molecule has 0 fully saturated rings. The monoisotopic (exact) mass is 328 g/mol. The second kappa shape index (κ2) is 5.87. The summed E-state index contributed by atoms with van der Waals surface area (Å²) < 4.78 is 2.74. The molecule has 1 heterocycles. The summed E-state index contributed by atoms with van der Waals surface area (Å²) in [4.78, 5) is 0. The Morgan fingerprint density at radius 1 is 1.39 bits per heavy atom. The van der Waals surface area contributed by atoms with Gasteiger partial charge in [-0.15, -0.1) is 0 Å². The molecule has 1 aromatic carbocycles. The lowest BCUT2D eigenvalue weighted by Crippen LogP contribution is -2.10. The first kappa shape index (κ1) is 13.6. The first-order chi connectivity index (χ1) is 8.63. The molecule has 0 aliphatic carbocycles. The normalized spacial score (nSPS) is 12.7. The van der Waals surface area contributed by atoms with Crippen LogP contribution in [0.2, 0.25) is 5.02 Å². The van der Waals surface area contributed by atoms with E-state index in [-0.39, 0.29) is 0 Å². The van der Waals surface area contributed by atoms with Crippen LogP contribution in [0.4, 0.5) is 0 Å². The predicted octanol–water partition coefficient (Wildman–Crippen LogP) is 3.79. The van der Waals surface area contributed by atoms with Gasteiger partial charge in [0.15, 0.2) is 0 Å². The molecule has 1 aromatic heterocycles. The zero-order valence-corrected chi connectivity index (χ0v) is 12.3. The molecule has 0 saturated heterocycles. The third-order valence-corrected chi connectivity index (χ3v) is 3.53. The second-order valence-electron chi connectivity index (χ2n) is 4.05. The topological polar surface area (TPSA) is 38.0 Å². The molecular formula is C13H14BrClN2O. The number of rotatable bonds is 4. The fourth-order valence-corrected chi connectivity index (χ4v) is 2.35. The van der Waals surface area contributed by atoms with E-state index >= 15 is 0 Å². The Bertz CT molecular complexity index is 524. The molecular weight excluding hydrogens is 316 g/mol. The quantitative estimate of drug-likeness (QED) is 0.926. The van der Waals surface area contributed by atoms with E-state index in [2.05, 4.69) is 28.0 Å². The maximum atomic E-state index is 10.4. The first-order valence-corrected chi connectivity index (χ1v) is 6.95. The van der Waals surface area contributed by atoms with Crippen molar-refractivity contribution in [3.63, 3.8) is 0 Å². The van der Waals surface area contributed by atoms with Gasteiger partial charge in [-0.25, -0.2) is 0 Å². The van der Waals surface area contributed by atoms with E-state index in [1.54, 1.807) is 10.9 Å². The molecule has 5 heteroatoms. The van der Waals surface area contributed by atoms with Crippen molar-refractivity contribution < 1.29 is 5.11 Å². The summed E-state index contributed by atoms with van der Waals surface area (Å²) in [7, 11) is 0. The highest BCUT2D eigenvalue weighted by Gasteiger charge is 2.19. The second-order valence-corrected chi connectivity index (χ2v) is 5.38. The number of halogens is 2. The molecule has 1 N–H and O–H groups in total. The van der Waals surface area contributed by atoms with Crippen LogP contribution in [0.25, 0.3) is 0 Å². The molecule has 0 aliphatic rings. The van der Waals surface area contributed by atoms with Gasteiger partial charge in [0.25, 0.3) is 0 Å². The smallest absolute Gasteiger partial charge is 0.122 e. The molecule has 1 unspecified atom stereocenters. The van der Waals surface area contributed by atoms with E-state index in [0.29, 0.717) is 10.7 Å². The minimum atomic E-state index is -0.750. The van der Waals surface area contributed by atoms with E-state index in [4.69, 9.17) is 11.6 Å². The number of aromatic nitrogens is 2. The van der Waals surface area contributed by atoms with Crippen LogP contribution in [0.3, 0.4) is 0 Å². The van der Waals surface area contributed by atoms with Crippen LogP contribution in [0, 0.1) is 0 Å². The molecule has 0 saturated carbocycles. The Hall–Kier alpha value is -0.840. The number of hydrogen-bond acceptors (Lipinski definition) is 2. The lowest BCUT2D eigenvalue weighted by Gasteiger charge is -2.14. The standard InChI is InChI=1S/C13H14BrClN2O/c1-2-7-17-12(11(15)8-16-17)13(18)9-3-5-10(14)6-4-9/h3-6,8,13,18H,2,7H2,1H3. The molecule has 0 bridgehead atoms. The van der Waals surface area contributed by atoms with Gasteiger partial charge in [-0.05, 0) is 24.1 Å². The SMILES string of the molecule is CCCn1ncc(Cl)c1C(O)c1ccc(Br)cc1. The molecule has 1 atom stereocenters. The summed E-state index contributed by atoms with van der Waals surface area (Å²) in [6.45, 7) is 2.81. The van der Waals surface area contributed by atoms with Crippen LogP contribution < -0.4 is 0 Å². The summed E-state index contributed by atoms with van der Waals surface area (Å²) >= 11 is 9.48. The Labute approximate surface area is 120 Å². The summed E-state index contributed by atoms with van der Waals surface area (Å²) in [6, 6.07) is 7.53. The zero-order chi connectivity index (χ0) is 13.1. The fraction of sp³-hybridized carbons (Fsp3) is 0.308. The van der Waals surface area contributed by atoms with Gasteiger partial charge in [0.1, 0.15) is 6.10 Å². The van der Waals surface area contributed by atoms with Gasteiger partial charge in [-0.2, -0.15) is 5.10 Å².